The first-order valence-corrected chi connectivity index (χ1v) is 10.2. The Labute approximate surface area is 172 Å². The Balaban J connectivity index is 1.88. The van der Waals surface area contributed by atoms with Gasteiger partial charge in [0.15, 0.2) is 0 Å². The van der Waals surface area contributed by atoms with Crippen molar-refractivity contribution < 1.29 is 4.74 Å². The summed E-state index contributed by atoms with van der Waals surface area (Å²) < 4.78 is 6.49. The van der Waals surface area contributed by atoms with E-state index in [2.05, 4.69) is 80.4 Å². The van der Waals surface area contributed by atoms with Crippen molar-refractivity contribution in [1.82, 2.24) is 10.2 Å². The van der Waals surface area contributed by atoms with Gasteiger partial charge in [0.25, 0.3) is 0 Å². The van der Waals surface area contributed by atoms with Crippen molar-refractivity contribution >= 4 is 10.8 Å². The van der Waals surface area contributed by atoms with E-state index in [0.717, 1.165) is 27.8 Å². The van der Waals surface area contributed by atoms with Crippen molar-refractivity contribution in [3.05, 3.63) is 83.9 Å². The SMILES string of the molecule is CC(C)c1cccc(C(C)C)c1Oc1nnc(-c2ccccc2)c2ccccc12. The van der Waals surface area contributed by atoms with E-state index >= 15 is 0 Å². The minimum atomic E-state index is 0.353. The number of fused-ring (bicyclic) bond motifs is 1. The third-order valence-electron chi connectivity index (χ3n) is 5.22. The van der Waals surface area contributed by atoms with Gasteiger partial charge in [-0.25, -0.2) is 0 Å². The average Bonchev–Trinajstić information content (AvgIpc) is 2.74. The van der Waals surface area contributed by atoms with E-state index in [0.29, 0.717) is 17.7 Å². The van der Waals surface area contributed by atoms with Gasteiger partial charge in [-0.15, -0.1) is 10.2 Å². The van der Waals surface area contributed by atoms with Crippen LogP contribution in [0.1, 0.15) is 50.7 Å². The average molecular weight is 383 g/mol. The highest BCUT2D eigenvalue weighted by molar-refractivity contribution is 5.97. The molecule has 0 amide bonds. The van der Waals surface area contributed by atoms with E-state index < -0.39 is 0 Å². The van der Waals surface area contributed by atoms with Crippen LogP contribution in [0.3, 0.4) is 0 Å². The van der Waals surface area contributed by atoms with E-state index in [1.807, 2.05) is 30.3 Å². The van der Waals surface area contributed by atoms with Gasteiger partial charge < -0.3 is 4.74 Å². The van der Waals surface area contributed by atoms with Crippen molar-refractivity contribution in [2.75, 3.05) is 0 Å². The summed E-state index contributed by atoms with van der Waals surface area (Å²) in [6.45, 7) is 8.76. The van der Waals surface area contributed by atoms with Crippen molar-refractivity contribution in [2.24, 2.45) is 0 Å². The van der Waals surface area contributed by atoms with Gasteiger partial charge in [-0.3, -0.25) is 0 Å². The summed E-state index contributed by atoms with van der Waals surface area (Å²) in [5.41, 5.74) is 4.30. The molecule has 0 aliphatic heterocycles. The molecule has 3 nitrogen and oxygen atoms in total. The molecule has 4 aromatic rings. The molecule has 1 heterocycles. The lowest BCUT2D eigenvalue weighted by molar-refractivity contribution is 0.445. The molecule has 0 aliphatic rings. The summed E-state index contributed by atoms with van der Waals surface area (Å²) in [5.74, 6) is 2.16. The van der Waals surface area contributed by atoms with Gasteiger partial charge in [-0.2, -0.15) is 0 Å². The summed E-state index contributed by atoms with van der Waals surface area (Å²) in [4.78, 5) is 0. The molecule has 1 aromatic heterocycles. The first-order valence-electron chi connectivity index (χ1n) is 10.2. The van der Waals surface area contributed by atoms with Gasteiger partial charge in [0.05, 0.1) is 0 Å². The molecule has 29 heavy (non-hydrogen) atoms. The maximum absolute atomic E-state index is 6.49. The lowest BCUT2D eigenvalue weighted by atomic mass is 9.94. The Hall–Kier alpha value is -3.20. The molecule has 4 rings (SSSR count). The van der Waals surface area contributed by atoms with Gasteiger partial charge in [-0.05, 0) is 29.0 Å². The number of hydrogen-bond donors (Lipinski definition) is 0. The molecule has 3 aromatic carbocycles. The largest absolute Gasteiger partial charge is 0.436 e. The molecule has 0 N–H and O–H groups in total. The molecule has 0 aliphatic carbocycles. The monoisotopic (exact) mass is 382 g/mol. The molecule has 3 heteroatoms. The molecule has 0 saturated heterocycles. The normalized spacial score (nSPS) is 11.4. The van der Waals surface area contributed by atoms with Crippen molar-refractivity contribution in [1.29, 1.82) is 0 Å². The van der Waals surface area contributed by atoms with Crippen molar-refractivity contribution in [3.8, 4) is 22.9 Å². The van der Waals surface area contributed by atoms with Gasteiger partial charge in [0.2, 0.25) is 5.88 Å². The number of para-hydroxylation sites is 1. The van der Waals surface area contributed by atoms with Gasteiger partial charge in [0, 0.05) is 16.3 Å². The quantitative estimate of drug-likeness (QED) is 0.362. The minimum absolute atomic E-state index is 0.353. The minimum Gasteiger partial charge on any atom is -0.436 e. The zero-order chi connectivity index (χ0) is 20.4. The second-order valence-electron chi connectivity index (χ2n) is 7.94. The van der Waals surface area contributed by atoms with Gasteiger partial charge in [0.1, 0.15) is 11.4 Å². The number of aromatic nitrogens is 2. The lowest BCUT2D eigenvalue weighted by Crippen LogP contribution is -2.03. The molecular weight excluding hydrogens is 356 g/mol. The van der Waals surface area contributed by atoms with Crippen LogP contribution in [0.4, 0.5) is 0 Å². The topological polar surface area (TPSA) is 35.0 Å². The second-order valence-corrected chi connectivity index (χ2v) is 7.94. The van der Waals surface area contributed by atoms with Crippen LogP contribution in [-0.4, -0.2) is 10.2 Å². The molecule has 0 radical (unpaired) electrons. The Bertz CT molecular complexity index is 1110. The van der Waals surface area contributed by atoms with Crippen LogP contribution in [-0.2, 0) is 0 Å². The predicted octanol–water partition coefficient (Wildman–Crippen LogP) is 7.34. The van der Waals surface area contributed by atoms with E-state index in [1.165, 1.54) is 11.1 Å². The van der Waals surface area contributed by atoms with Crippen molar-refractivity contribution in [2.45, 2.75) is 39.5 Å². The molecule has 0 bridgehead atoms. The van der Waals surface area contributed by atoms with Crippen LogP contribution in [0.5, 0.6) is 11.6 Å². The third kappa shape index (κ3) is 3.73. The summed E-state index contributed by atoms with van der Waals surface area (Å²) in [7, 11) is 0. The molecule has 0 unspecified atom stereocenters. The number of hydrogen-bond acceptors (Lipinski definition) is 3. The zero-order valence-electron chi connectivity index (χ0n) is 17.4. The highest BCUT2D eigenvalue weighted by Crippen LogP contribution is 2.39. The summed E-state index contributed by atoms with van der Waals surface area (Å²) >= 11 is 0. The summed E-state index contributed by atoms with van der Waals surface area (Å²) in [5, 5.41) is 11.1. The van der Waals surface area contributed by atoms with E-state index in [-0.39, 0.29) is 0 Å². The van der Waals surface area contributed by atoms with E-state index in [4.69, 9.17) is 4.74 Å². The molecule has 146 valence electrons. The first-order chi connectivity index (χ1) is 14.1. The molecule has 0 saturated carbocycles. The fourth-order valence-electron chi connectivity index (χ4n) is 3.66. The number of rotatable bonds is 5. The van der Waals surface area contributed by atoms with Crippen LogP contribution in [0, 0.1) is 0 Å². The fourth-order valence-corrected chi connectivity index (χ4v) is 3.66. The zero-order valence-corrected chi connectivity index (χ0v) is 17.4. The Morgan fingerprint density at radius 2 is 1.21 bits per heavy atom. The number of nitrogens with zero attached hydrogens (tertiary/aromatic N) is 2. The highest BCUT2D eigenvalue weighted by Gasteiger charge is 2.19. The number of benzene rings is 3. The van der Waals surface area contributed by atoms with Crippen molar-refractivity contribution in [3.63, 3.8) is 0 Å². The van der Waals surface area contributed by atoms with Gasteiger partial charge in [-0.1, -0.05) is 94.4 Å². The standard InChI is InChI=1S/C26H26N2O/c1-17(2)20-15-10-16-21(18(3)4)25(20)29-26-23-14-9-8-13-22(23)24(27-28-26)19-11-6-5-7-12-19/h5-18H,1-4H3. The predicted molar refractivity (Wildman–Crippen MR) is 120 cm³/mol. The molecule has 0 spiro atoms. The van der Waals surface area contributed by atoms with Crippen LogP contribution in [0.15, 0.2) is 72.8 Å². The second kappa shape index (κ2) is 8.04. The summed E-state index contributed by atoms with van der Waals surface area (Å²) in [6, 6.07) is 24.7. The summed E-state index contributed by atoms with van der Waals surface area (Å²) in [6.07, 6.45) is 0. The highest BCUT2D eigenvalue weighted by atomic mass is 16.5. The third-order valence-corrected chi connectivity index (χ3v) is 5.22. The maximum Gasteiger partial charge on any atom is 0.246 e. The van der Waals surface area contributed by atoms with Crippen LogP contribution < -0.4 is 4.74 Å². The number of ether oxygens (including phenoxy) is 1. The smallest absolute Gasteiger partial charge is 0.246 e. The van der Waals surface area contributed by atoms with E-state index in [1.54, 1.807) is 0 Å². The maximum atomic E-state index is 6.49. The Kier molecular flexibility index (Phi) is 5.30. The van der Waals surface area contributed by atoms with Crippen LogP contribution >= 0.6 is 0 Å². The molecule has 0 fully saturated rings. The Morgan fingerprint density at radius 3 is 1.83 bits per heavy atom. The lowest BCUT2D eigenvalue weighted by Gasteiger charge is -2.20. The van der Waals surface area contributed by atoms with Crippen LogP contribution in [0.25, 0.3) is 22.0 Å². The molecule has 0 atom stereocenters. The van der Waals surface area contributed by atoms with Crippen LogP contribution in [0.2, 0.25) is 0 Å². The van der Waals surface area contributed by atoms with E-state index in [9.17, 15) is 0 Å². The molecular formula is C26H26N2O. The Morgan fingerprint density at radius 1 is 0.621 bits per heavy atom. The fraction of sp³-hybridized carbons (Fsp3) is 0.231. The van der Waals surface area contributed by atoms with Gasteiger partial charge >= 0.3 is 0 Å². The first kappa shape index (κ1) is 19.1.